The Morgan fingerprint density at radius 2 is 1.78 bits per heavy atom. The fourth-order valence-electron chi connectivity index (χ4n) is 4.89. The minimum atomic E-state index is -3.60. The fraction of sp³-hybridized carbons (Fsp3) is 0.480. The van der Waals surface area contributed by atoms with E-state index in [1.165, 1.54) is 10.4 Å². The van der Waals surface area contributed by atoms with Crippen LogP contribution in [0.25, 0.3) is 0 Å². The van der Waals surface area contributed by atoms with Gasteiger partial charge in [-0.2, -0.15) is 9.57 Å². The van der Waals surface area contributed by atoms with Crippen LogP contribution in [0.4, 0.5) is 10.1 Å². The number of hydrogen-bond donors (Lipinski definition) is 1. The first-order valence-corrected chi connectivity index (χ1v) is 12.9. The summed E-state index contributed by atoms with van der Waals surface area (Å²) in [5, 5.41) is 11.8. The van der Waals surface area contributed by atoms with Gasteiger partial charge in [0.2, 0.25) is 10.0 Å². The first-order chi connectivity index (χ1) is 15.4. The van der Waals surface area contributed by atoms with Gasteiger partial charge in [0, 0.05) is 35.8 Å². The average Bonchev–Trinajstić information content (AvgIpc) is 2.79. The number of rotatable bonds is 5. The maximum Gasteiger partial charge on any atom is 0.221 e. The van der Waals surface area contributed by atoms with Crippen LogP contribution in [0.5, 0.6) is 0 Å². The first kappa shape index (κ1) is 22.8. The molecule has 1 aliphatic heterocycles. The molecule has 1 saturated heterocycles. The van der Waals surface area contributed by atoms with Gasteiger partial charge in [0.05, 0.1) is 6.07 Å². The van der Waals surface area contributed by atoms with Gasteiger partial charge in [0.25, 0.3) is 0 Å². The van der Waals surface area contributed by atoms with Gasteiger partial charge in [0.15, 0.2) is 0 Å². The molecule has 5 nitrogen and oxygen atoms in total. The SMILES string of the molecule is C[C@H]1CCC(c2ccccc2)S(=O)(=O)N1Cc1ccc(NC2CCC(C#N)CC2)cc1F. The third-order valence-electron chi connectivity index (χ3n) is 6.86. The topological polar surface area (TPSA) is 73.2 Å². The van der Waals surface area contributed by atoms with E-state index >= 15 is 0 Å². The second-order valence-electron chi connectivity index (χ2n) is 9.04. The first-order valence-electron chi connectivity index (χ1n) is 11.4. The monoisotopic (exact) mass is 455 g/mol. The van der Waals surface area contributed by atoms with E-state index in [4.69, 9.17) is 5.26 Å². The minimum absolute atomic E-state index is 0.0340. The van der Waals surface area contributed by atoms with E-state index in [2.05, 4.69) is 11.4 Å². The quantitative estimate of drug-likeness (QED) is 0.657. The molecule has 1 heterocycles. The van der Waals surface area contributed by atoms with Crippen LogP contribution >= 0.6 is 0 Å². The largest absolute Gasteiger partial charge is 0.382 e. The predicted octanol–water partition coefficient (Wildman–Crippen LogP) is 5.38. The van der Waals surface area contributed by atoms with E-state index in [1.54, 1.807) is 6.07 Å². The zero-order valence-electron chi connectivity index (χ0n) is 18.4. The van der Waals surface area contributed by atoms with E-state index in [9.17, 15) is 12.8 Å². The Morgan fingerprint density at radius 1 is 1.06 bits per heavy atom. The van der Waals surface area contributed by atoms with Gasteiger partial charge >= 0.3 is 0 Å². The lowest BCUT2D eigenvalue weighted by molar-refractivity contribution is 0.279. The number of sulfonamides is 1. The van der Waals surface area contributed by atoms with Crippen molar-refractivity contribution in [3.63, 3.8) is 0 Å². The summed E-state index contributed by atoms with van der Waals surface area (Å²) in [6, 6.07) is 16.6. The lowest BCUT2D eigenvalue weighted by Crippen LogP contribution is -2.44. The summed E-state index contributed by atoms with van der Waals surface area (Å²) >= 11 is 0. The van der Waals surface area contributed by atoms with Crippen molar-refractivity contribution in [1.29, 1.82) is 5.26 Å². The third kappa shape index (κ3) is 4.82. The lowest BCUT2D eigenvalue weighted by atomic mass is 9.87. The second kappa shape index (κ2) is 9.60. The number of nitrogens with zero attached hydrogens (tertiary/aromatic N) is 2. The van der Waals surface area contributed by atoms with Crippen LogP contribution in [0.1, 0.15) is 61.8 Å². The molecule has 0 bridgehead atoms. The van der Waals surface area contributed by atoms with Gasteiger partial charge in [-0.05, 0) is 63.1 Å². The lowest BCUT2D eigenvalue weighted by Gasteiger charge is -2.37. The molecular formula is C25H30FN3O2S. The number of benzene rings is 2. The Bertz CT molecular complexity index is 1080. The summed E-state index contributed by atoms with van der Waals surface area (Å²) in [4.78, 5) is 0. The van der Waals surface area contributed by atoms with Crippen LogP contribution < -0.4 is 5.32 Å². The zero-order chi connectivity index (χ0) is 22.7. The fourth-order valence-corrected chi connectivity index (χ4v) is 7.08. The summed E-state index contributed by atoms with van der Waals surface area (Å²) < 4.78 is 43.2. The summed E-state index contributed by atoms with van der Waals surface area (Å²) in [6.45, 7) is 1.93. The van der Waals surface area contributed by atoms with Crippen molar-refractivity contribution in [3.05, 3.63) is 65.5 Å². The summed E-state index contributed by atoms with van der Waals surface area (Å²) in [5.74, 6) is -0.273. The molecule has 0 aromatic heterocycles. The minimum Gasteiger partial charge on any atom is -0.382 e. The maximum atomic E-state index is 15.0. The van der Waals surface area contributed by atoms with Crippen molar-refractivity contribution in [2.24, 2.45) is 5.92 Å². The van der Waals surface area contributed by atoms with Crippen LogP contribution in [-0.4, -0.2) is 24.8 Å². The van der Waals surface area contributed by atoms with E-state index in [0.29, 0.717) is 17.7 Å². The molecule has 4 rings (SSSR count). The summed E-state index contributed by atoms with van der Waals surface area (Å²) in [6.07, 6.45) is 4.83. The highest BCUT2D eigenvalue weighted by atomic mass is 32.2. The molecule has 170 valence electrons. The van der Waals surface area contributed by atoms with Gasteiger partial charge in [-0.3, -0.25) is 0 Å². The normalized spacial score (nSPS) is 28.0. The number of halogens is 1. The number of anilines is 1. The van der Waals surface area contributed by atoms with E-state index in [0.717, 1.165) is 37.7 Å². The van der Waals surface area contributed by atoms with Gasteiger partial charge in [-0.1, -0.05) is 36.4 Å². The second-order valence-corrected chi connectivity index (χ2v) is 11.1. The Kier molecular flexibility index (Phi) is 6.82. The van der Waals surface area contributed by atoms with Gasteiger partial charge in [-0.15, -0.1) is 0 Å². The Morgan fingerprint density at radius 3 is 2.44 bits per heavy atom. The van der Waals surface area contributed by atoms with Gasteiger partial charge in [-0.25, -0.2) is 12.8 Å². The number of hydrogen-bond acceptors (Lipinski definition) is 4. The van der Waals surface area contributed by atoms with E-state index < -0.39 is 21.1 Å². The molecule has 7 heteroatoms. The van der Waals surface area contributed by atoms with E-state index in [1.807, 2.05) is 43.3 Å². The van der Waals surface area contributed by atoms with Crippen LogP contribution in [0.3, 0.4) is 0 Å². The van der Waals surface area contributed by atoms with E-state index in [-0.39, 0.29) is 24.5 Å². The van der Waals surface area contributed by atoms with Crippen molar-refractivity contribution in [2.45, 2.75) is 69.3 Å². The molecule has 1 unspecified atom stereocenters. The third-order valence-corrected chi connectivity index (χ3v) is 9.23. The Balaban J connectivity index is 1.47. The van der Waals surface area contributed by atoms with Crippen molar-refractivity contribution in [1.82, 2.24) is 4.31 Å². The smallest absolute Gasteiger partial charge is 0.221 e. The molecule has 2 aromatic rings. The molecule has 2 atom stereocenters. The summed E-state index contributed by atoms with van der Waals surface area (Å²) in [7, 11) is -3.60. The van der Waals surface area contributed by atoms with Crippen LogP contribution in [-0.2, 0) is 16.6 Å². The van der Waals surface area contributed by atoms with Gasteiger partial charge < -0.3 is 5.32 Å². The zero-order valence-corrected chi connectivity index (χ0v) is 19.2. The van der Waals surface area contributed by atoms with Crippen LogP contribution in [0.2, 0.25) is 0 Å². The maximum absolute atomic E-state index is 15.0. The highest BCUT2D eigenvalue weighted by Crippen LogP contribution is 2.38. The van der Waals surface area contributed by atoms with Crippen molar-refractivity contribution >= 4 is 15.7 Å². The van der Waals surface area contributed by atoms with Crippen molar-refractivity contribution in [2.75, 3.05) is 5.32 Å². The van der Waals surface area contributed by atoms with Crippen LogP contribution in [0, 0.1) is 23.1 Å². The van der Waals surface area contributed by atoms with Crippen molar-refractivity contribution in [3.8, 4) is 6.07 Å². The molecule has 32 heavy (non-hydrogen) atoms. The number of nitrogens with one attached hydrogen (secondary N) is 1. The highest BCUT2D eigenvalue weighted by Gasteiger charge is 2.40. The molecule has 0 radical (unpaired) electrons. The van der Waals surface area contributed by atoms with Gasteiger partial charge in [0.1, 0.15) is 11.1 Å². The highest BCUT2D eigenvalue weighted by molar-refractivity contribution is 7.89. The number of nitriles is 1. The standard InChI is InChI=1S/C25H30FN3O2S/c1-18-7-14-25(20-5-3-2-4-6-20)32(30,31)29(18)17-21-10-13-23(15-24(21)26)28-22-11-8-19(16-27)9-12-22/h2-6,10,13,15,18-19,22,25,28H,7-9,11-12,14,17H2,1H3/t18-,19?,22?,25?/m0/s1. The summed E-state index contributed by atoms with van der Waals surface area (Å²) in [5.41, 5.74) is 1.87. The molecule has 2 fully saturated rings. The van der Waals surface area contributed by atoms with Crippen LogP contribution in [0.15, 0.2) is 48.5 Å². The predicted molar refractivity (Wildman–Crippen MR) is 124 cm³/mol. The average molecular weight is 456 g/mol. The molecule has 1 aliphatic carbocycles. The molecule has 2 aliphatic rings. The molecule has 2 aromatic carbocycles. The Hall–Kier alpha value is -2.43. The van der Waals surface area contributed by atoms with Crippen molar-refractivity contribution < 1.29 is 12.8 Å². The molecule has 0 spiro atoms. The molecule has 0 amide bonds. The molecule has 1 N–H and O–H groups in total. The molecular weight excluding hydrogens is 425 g/mol. The molecule has 1 saturated carbocycles. The Labute approximate surface area is 190 Å².